The summed E-state index contributed by atoms with van der Waals surface area (Å²) >= 11 is 0. The van der Waals surface area contributed by atoms with Gasteiger partial charge in [-0.25, -0.2) is 13.6 Å². The smallest absolute Gasteiger partial charge is 0.238 e. The average Bonchev–Trinajstić information content (AvgIpc) is 2.72. The molecule has 3 N–H and O–H groups in total. The van der Waals surface area contributed by atoms with E-state index in [4.69, 9.17) is 9.88 Å². The van der Waals surface area contributed by atoms with E-state index >= 15 is 0 Å². The van der Waals surface area contributed by atoms with Gasteiger partial charge in [0, 0.05) is 12.0 Å². The number of rotatable bonds is 4. The van der Waals surface area contributed by atoms with Crippen molar-refractivity contribution < 1.29 is 13.2 Å². The number of fused-ring (bicyclic) bond motifs is 1. The predicted octanol–water partition coefficient (Wildman–Crippen LogP) is 3.67. The number of benzene rings is 3. The van der Waals surface area contributed by atoms with Crippen LogP contribution in [0.1, 0.15) is 23.7 Å². The molecule has 3 aromatic rings. The zero-order valence-electron chi connectivity index (χ0n) is 14.9. The van der Waals surface area contributed by atoms with Gasteiger partial charge in [0.05, 0.1) is 16.3 Å². The molecule has 28 heavy (non-hydrogen) atoms. The van der Waals surface area contributed by atoms with Gasteiger partial charge in [0.25, 0.3) is 0 Å². The highest BCUT2D eigenvalue weighted by molar-refractivity contribution is 7.89. The molecule has 1 atom stereocenters. The zero-order chi connectivity index (χ0) is 19.6. The molecule has 0 saturated heterocycles. The molecular formula is C21H19N3O3S. The molecule has 0 aromatic heterocycles. The Bertz CT molecular complexity index is 1110. The van der Waals surface area contributed by atoms with Gasteiger partial charge in [-0.2, -0.15) is 5.10 Å². The number of hydrazone groups is 1. The summed E-state index contributed by atoms with van der Waals surface area (Å²) in [6.45, 7) is 0. The molecule has 0 spiro atoms. The molecule has 1 unspecified atom stereocenters. The second-order valence-electron chi connectivity index (χ2n) is 6.46. The lowest BCUT2D eigenvalue weighted by Crippen LogP contribution is -2.21. The summed E-state index contributed by atoms with van der Waals surface area (Å²) in [6, 6.07) is 24.0. The minimum Gasteiger partial charge on any atom is -0.485 e. The summed E-state index contributed by atoms with van der Waals surface area (Å²) in [5, 5.41) is 9.70. The standard InChI is InChI=1S/C21H19N3O3S/c22-28(25,26)17-12-10-16(11-13-17)23-24-19-14-21(15-6-2-1-3-7-15)27-20-9-5-4-8-18(19)20/h1-13,21,23H,14H2,(H2,22,25,26)/b24-19-. The highest BCUT2D eigenvalue weighted by Gasteiger charge is 2.26. The first-order valence-corrected chi connectivity index (χ1v) is 10.3. The van der Waals surface area contributed by atoms with Gasteiger partial charge < -0.3 is 4.74 Å². The lowest BCUT2D eigenvalue weighted by Gasteiger charge is -2.27. The van der Waals surface area contributed by atoms with E-state index in [1.165, 1.54) is 12.1 Å². The lowest BCUT2D eigenvalue weighted by atomic mass is 9.96. The minimum atomic E-state index is -3.71. The van der Waals surface area contributed by atoms with E-state index in [9.17, 15) is 8.42 Å². The third-order valence-electron chi connectivity index (χ3n) is 4.52. The summed E-state index contributed by atoms with van der Waals surface area (Å²) in [4.78, 5) is 0.0613. The number of primary sulfonamides is 1. The Hall–Kier alpha value is -3.16. The van der Waals surface area contributed by atoms with Crippen molar-refractivity contribution in [2.75, 3.05) is 5.43 Å². The van der Waals surface area contributed by atoms with Crippen LogP contribution in [0.4, 0.5) is 5.69 Å². The average molecular weight is 393 g/mol. The Morgan fingerprint density at radius 1 is 0.929 bits per heavy atom. The third kappa shape index (κ3) is 3.90. The summed E-state index contributed by atoms with van der Waals surface area (Å²) in [5.74, 6) is 0.785. The minimum absolute atomic E-state index is 0.0613. The summed E-state index contributed by atoms with van der Waals surface area (Å²) in [7, 11) is -3.71. The van der Waals surface area contributed by atoms with Crippen LogP contribution < -0.4 is 15.3 Å². The second-order valence-corrected chi connectivity index (χ2v) is 8.02. The molecule has 142 valence electrons. The van der Waals surface area contributed by atoms with Crippen molar-refractivity contribution in [3.8, 4) is 5.75 Å². The van der Waals surface area contributed by atoms with Crippen LogP contribution in [0.5, 0.6) is 5.75 Å². The van der Waals surface area contributed by atoms with Gasteiger partial charge in [-0.15, -0.1) is 0 Å². The van der Waals surface area contributed by atoms with Crippen LogP contribution in [-0.4, -0.2) is 14.1 Å². The first-order valence-electron chi connectivity index (χ1n) is 8.77. The monoisotopic (exact) mass is 393 g/mol. The Morgan fingerprint density at radius 3 is 2.32 bits per heavy atom. The summed E-state index contributed by atoms with van der Waals surface area (Å²) in [6.07, 6.45) is 0.491. The number of sulfonamides is 1. The van der Waals surface area contributed by atoms with E-state index in [2.05, 4.69) is 10.5 Å². The Labute approximate surface area is 163 Å². The molecule has 0 bridgehead atoms. The van der Waals surface area contributed by atoms with E-state index < -0.39 is 10.0 Å². The Balaban J connectivity index is 1.62. The number of anilines is 1. The van der Waals surface area contributed by atoms with Crippen molar-refractivity contribution in [1.29, 1.82) is 0 Å². The molecule has 3 aromatic carbocycles. The summed E-state index contributed by atoms with van der Waals surface area (Å²) < 4.78 is 28.9. The number of hydrogen-bond acceptors (Lipinski definition) is 5. The molecule has 6 nitrogen and oxygen atoms in total. The molecule has 4 rings (SSSR count). The molecule has 1 aliphatic rings. The maximum atomic E-state index is 11.4. The number of nitrogens with zero attached hydrogens (tertiary/aromatic N) is 1. The van der Waals surface area contributed by atoms with Crippen LogP contribution in [0.15, 0.2) is 88.9 Å². The van der Waals surface area contributed by atoms with Crippen LogP contribution in [0, 0.1) is 0 Å². The first kappa shape index (κ1) is 18.2. The fourth-order valence-corrected chi connectivity index (χ4v) is 3.61. The largest absolute Gasteiger partial charge is 0.485 e. The van der Waals surface area contributed by atoms with Crippen LogP contribution in [0.3, 0.4) is 0 Å². The van der Waals surface area contributed by atoms with Crippen molar-refractivity contribution in [1.82, 2.24) is 0 Å². The van der Waals surface area contributed by atoms with Gasteiger partial charge in [-0.05, 0) is 42.0 Å². The van der Waals surface area contributed by atoms with Crippen molar-refractivity contribution >= 4 is 21.4 Å². The normalized spacial score (nSPS) is 17.6. The Morgan fingerprint density at radius 2 is 1.61 bits per heavy atom. The van der Waals surface area contributed by atoms with Gasteiger partial charge >= 0.3 is 0 Å². The fourth-order valence-electron chi connectivity index (χ4n) is 3.10. The number of para-hydroxylation sites is 1. The SMILES string of the molecule is NS(=O)(=O)c1ccc(N/N=C2/CC(c3ccccc3)Oc3ccccc32)cc1. The van der Waals surface area contributed by atoms with Crippen molar-refractivity contribution in [2.24, 2.45) is 10.2 Å². The topological polar surface area (TPSA) is 93.8 Å². The van der Waals surface area contributed by atoms with E-state index in [-0.39, 0.29) is 11.0 Å². The van der Waals surface area contributed by atoms with Gasteiger partial charge in [0.2, 0.25) is 10.0 Å². The first-order chi connectivity index (χ1) is 13.5. The lowest BCUT2D eigenvalue weighted by molar-refractivity contribution is 0.206. The second kappa shape index (κ2) is 7.46. The molecule has 0 amide bonds. The highest BCUT2D eigenvalue weighted by Crippen LogP contribution is 2.35. The molecule has 0 radical (unpaired) electrons. The van der Waals surface area contributed by atoms with Crippen LogP contribution in [-0.2, 0) is 10.0 Å². The van der Waals surface area contributed by atoms with E-state index in [0.717, 1.165) is 22.6 Å². The van der Waals surface area contributed by atoms with Crippen LogP contribution >= 0.6 is 0 Å². The van der Waals surface area contributed by atoms with Crippen molar-refractivity contribution in [3.63, 3.8) is 0 Å². The van der Waals surface area contributed by atoms with E-state index in [1.807, 2.05) is 54.6 Å². The third-order valence-corrected chi connectivity index (χ3v) is 5.45. The van der Waals surface area contributed by atoms with Gasteiger partial charge in [0.1, 0.15) is 11.9 Å². The predicted molar refractivity (Wildman–Crippen MR) is 109 cm³/mol. The molecule has 1 heterocycles. The molecule has 1 aliphatic heterocycles. The Kier molecular flexibility index (Phi) is 4.85. The zero-order valence-corrected chi connectivity index (χ0v) is 15.8. The van der Waals surface area contributed by atoms with Crippen molar-refractivity contribution in [3.05, 3.63) is 90.0 Å². The highest BCUT2D eigenvalue weighted by atomic mass is 32.2. The maximum Gasteiger partial charge on any atom is 0.238 e. The molecular weight excluding hydrogens is 374 g/mol. The fraction of sp³-hybridized carbons (Fsp3) is 0.0952. The molecule has 7 heteroatoms. The number of nitrogens with two attached hydrogens (primary N) is 1. The quantitative estimate of drug-likeness (QED) is 0.661. The molecule has 0 aliphatic carbocycles. The summed E-state index contributed by atoms with van der Waals surface area (Å²) in [5.41, 5.74) is 6.56. The molecule has 0 saturated carbocycles. The number of ether oxygens (including phenoxy) is 1. The maximum absolute atomic E-state index is 11.4. The van der Waals surface area contributed by atoms with Crippen LogP contribution in [0.25, 0.3) is 0 Å². The van der Waals surface area contributed by atoms with E-state index in [0.29, 0.717) is 12.1 Å². The molecule has 0 fully saturated rings. The number of hydrogen-bond donors (Lipinski definition) is 2. The van der Waals surface area contributed by atoms with Gasteiger partial charge in [-0.3, -0.25) is 5.43 Å². The van der Waals surface area contributed by atoms with Crippen molar-refractivity contribution in [2.45, 2.75) is 17.4 Å². The van der Waals surface area contributed by atoms with Gasteiger partial charge in [0.15, 0.2) is 0 Å². The number of nitrogens with one attached hydrogen (secondary N) is 1. The van der Waals surface area contributed by atoms with Crippen LogP contribution in [0.2, 0.25) is 0 Å². The van der Waals surface area contributed by atoms with Gasteiger partial charge in [-0.1, -0.05) is 42.5 Å². The van der Waals surface area contributed by atoms with E-state index in [1.54, 1.807) is 12.1 Å².